The van der Waals surface area contributed by atoms with Gasteiger partial charge in [0, 0.05) is 32.7 Å². The second kappa shape index (κ2) is 12.0. The lowest BCUT2D eigenvalue weighted by atomic mass is 9.88. The normalized spacial score (nSPS) is 23.6. The number of pyridine rings is 1. The fourth-order valence-corrected chi connectivity index (χ4v) is 9.39. The Labute approximate surface area is 258 Å². The molecule has 44 heavy (non-hydrogen) atoms. The number of hydrogen-bond donors (Lipinski definition) is 3. The summed E-state index contributed by atoms with van der Waals surface area (Å²) in [6.07, 6.45) is 3.21. The van der Waals surface area contributed by atoms with E-state index >= 15 is 0 Å². The Kier molecular flexibility index (Phi) is 8.58. The van der Waals surface area contributed by atoms with Crippen LogP contribution in [0.25, 0.3) is 0 Å². The maximum atomic E-state index is 13.4. The largest absolute Gasteiger partial charge is 0.491 e. The number of aliphatic hydroxyl groups excluding tert-OH is 2. The second-order valence-electron chi connectivity index (χ2n) is 12.3. The van der Waals surface area contributed by atoms with Gasteiger partial charge in [-0.3, -0.25) is 0 Å². The monoisotopic (exact) mass is 652 g/mol. The van der Waals surface area contributed by atoms with Crippen LogP contribution in [-0.2, 0) is 24.6 Å². The van der Waals surface area contributed by atoms with Crippen LogP contribution in [-0.4, -0.2) is 118 Å². The van der Waals surface area contributed by atoms with E-state index in [0.29, 0.717) is 82.3 Å². The molecule has 2 saturated heterocycles. The Bertz CT molecular complexity index is 1570. The van der Waals surface area contributed by atoms with Crippen LogP contribution in [0.15, 0.2) is 46.3 Å². The smallest absolute Gasteiger partial charge is 0.244 e. The highest BCUT2D eigenvalue weighted by Gasteiger charge is 2.54. The fourth-order valence-electron chi connectivity index (χ4n) is 6.14. The lowest BCUT2D eigenvalue weighted by Gasteiger charge is -2.38. The third kappa shape index (κ3) is 6.02. The predicted octanol–water partition coefficient (Wildman–Crippen LogP) is 0.551. The molecule has 2 aromatic rings. The Hall–Kier alpha value is -2.53. The Morgan fingerprint density at radius 1 is 1.11 bits per heavy atom. The second-order valence-corrected chi connectivity index (χ2v) is 16.5. The molecule has 0 amide bonds. The number of nitrogens with one attached hydrogen (secondary N) is 1. The van der Waals surface area contributed by atoms with E-state index in [4.69, 9.17) is 14.2 Å². The molecule has 0 radical (unpaired) electrons. The van der Waals surface area contributed by atoms with Crippen LogP contribution < -0.4 is 19.7 Å². The van der Waals surface area contributed by atoms with Crippen molar-refractivity contribution >= 4 is 25.5 Å². The third-order valence-corrected chi connectivity index (χ3v) is 13.6. The number of sulfone groups is 1. The highest BCUT2D eigenvalue weighted by molar-refractivity contribution is 7.93. The SMILES string of the molecule is CN1CCOc2ncc(S(=O)(=O)N3CCC4(CC3)C[C@@H](NC[C@H](O)COc3cccc(S(=O)(=O)C5(CO)CC5)c3)CO4)cc21. The van der Waals surface area contributed by atoms with E-state index in [1.165, 1.54) is 22.6 Å². The Balaban J connectivity index is 0.969. The van der Waals surface area contributed by atoms with Gasteiger partial charge < -0.3 is 34.6 Å². The van der Waals surface area contributed by atoms with Crippen molar-refractivity contribution in [3.8, 4) is 11.6 Å². The van der Waals surface area contributed by atoms with Crippen LogP contribution in [0.5, 0.6) is 11.6 Å². The number of ether oxygens (including phenoxy) is 3. The van der Waals surface area contributed by atoms with Crippen LogP contribution in [0.2, 0.25) is 0 Å². The summed E-state index contributed by atoms with van der Waals surface area (Å²) < 4.78 is 70.4. The number of aromatic nitrogens is 1. The zero-order valence-corrected chi connectivity index (χ0v) is 26.4. The molecule has 4 aliphatic rings. The minimum Gasteiger partial charge on any atom is -0.491 e. The summed E-state index contributed by atoms with van der Waals surface area (Å²) in [5.74, 6) is 0.769. The molecule has 13 nitrogen and oxygen atoms in total. The van der Waals surface area contributed by atoms with E-state index in [-0.39, 0.29) is 29.0 Å². The van der Waals surface area contributed by atoms with Crippen molar-refractivity contribution in [2.24, 2.45) is 0 Å². The summed E-state index contributed by atoms with van der Waals surface area (Å²) in [6, 6.07) is 7.76. The maximum absolute atomic E-state index is 13.4. The number of anilines is 1. The first-order chi connectivity index (χ1) is 21.0. The summed E-state index contributed by atoms with van der Waals surface area (Å²) in [5, 5.41) is 23.4. The van der Waals surface area contributed by atoms with Crippen molar-refractivity contribution in [1.82, 2.24) is 14.6 Å². The first-order valence-electron chi connectivity index (χ1n) is 14.9. The van der Waals surface area contributed by atoms with Crippen molar-refractivity contribution < 1.29 is 41.3 Å². The minimum atomic E-state index is -3.72. The van der Waals surface area contributed by atoms with E-state index in [1.807, 2.05) is 11.9 Å². The van der Waals surface area contributed by atoms with Crippen molar-refractivity contribution in [3.05, 3.63) is 36.5 Å². The zero-order chi connectivity index (χ0) is 31.2. The average Bonchev–Trinajstić information content (AvgIpc) is 3.75. The van der Waals surface area contributed by atoms with Crippen LogP contribution in [0.1, 0.15) is 32.1 Å². The first-order valence-corrected chi connectivity index (χ1v) is 17.9. The molecule has 3 N–H and O–H groups in total. The zero-order valence-electron chi connectivity index (χ0n) is 24.7. The average molecular weight is 653 g/mol. The van der Waals surface area contributed by atoms with Crippen molar-refractivity contribution in [3.63, 3.8) is 0 Å². The Morgan fingerprint density at radius 3 is 2.61 bits per heavy atom. The number of piperidine rings is 1. The number of rotatable bonds is 11. The number of nitrogens with zero attached hydrogens (tertiary/aromatic N) is 3. The molecule has 3 aliphatic heterocycles. The fraction of sp³-hybridized carbons (Fsp3) is 0.621. The molecule has 1 aliphatic carbocycles. The molecule has 1 aromatic carbocycles. The van der Waals surface area contributed by atoms with Crippen molar-refractivity contribution in [1.29, 1.82) is 0 Å². The van der Waals surface area contributed by atoms with Gasteiger partial charge in [-0.25, -0.2) is 21.8 Å². The molecule has 1 spiro atoms. The van der Waals surface area contributed by atoms with Gasteiger partial charge in [-0.1, -0.05) is 6.07 Å². The van der Waals surface area contributed by atoms with E-state index in [2.05, 4.69) is 10.3 Å². The van der Waals surface area contributed by atoms with Crippen molar-refractivity contribution in [2.45, 2.75) is 64.4 Å². The number of fused-ring (bicyclic) bond motifs is 1. The molecule has 15 heteroatoms. The lowest BCUT2D eigenvalue weighted by Crippen LogP contribution is -2.47. The lowest BCUT2D eigenvalue weighted by molar-refractivity contribution is -0.0312. The molecule has 6 rings (SSSR count). The number of hydrogen-bond acceptors (Lipinski definition) is 12. The third-order valence-electron chi connectivity index (χ3n) is 9.23. The number of aliphatic hydroxyl groups is 2. The van der Waals surface area contributed by atoms with Crippen LogP contribution >= 0.6 is 0 Å². The summed E-state index contributed by atoms with van der Waals surface area (Å²) in [6.45, 7) is 2.10. The highest BCUT2D eigenvalue weighted by atomic mass is 32.2. The topological polar surface area (TPSA) is 168 Å². The molecule has 2 atom stereocenters. The summed E-state index contributed by atoms with van der Waals surface area (Å²) in [4.78, 5) is 6.43. The van der Waals surface area contributed by atoms with Crippen LogP contribution in [0, 0.1) is 0 Å². The molecule has 0 bridgehead atoms. The van der Waals surface area contributed by atoms with Crippen molar-refractivity contribution in [2.75, 3.05) is 64.6 Å². The molecule has 3 fully saturated rings. The van der Waals surface area contributed by atoms with Gasteiger partial charge >= 0.3 is 0 Å². The minimum absolute atomic E-state index is 0.00475. The van der Waals surface area contributed by atoms with Gasteiger partial charge in [0.1, 0.15) is 35.7 Å². The number of benzene rings is 1. The molecule has 1 saturated carbocycles. The van der Waals surface area contributed by atoms with Gasteiger partial charge in [-0.2, -0.15) is 4.31 Å². The van der Waals surface area contributed by atoms with Gasteiger partial charge in [-0.05, 0) is 56.4 Å². The van der Waals surface area contributed by atoms with Gasteiger partial charge in [0.2, 0.25) is 15.9 Å². The summed E-state index contributed by atoms with van der Waals surface area (Å²) in [5.41, 5.74) is 0.240. The maximum Gasteiger partial charge on any atom is 0.244 e. The number of likely N-dealkylation sites (N-methyl/N-ethyl adjacent to an activating group) is 1. The molecular weight excluding hydrogens is 612 g/mol. The molecule has 1 aromatic heterocycles. The predicted molar refractivity (Wildman–Crippen MR) is 160 cm³/mol. The van der Waals surface area contributed by atoms with E-state index in [9.17, 15) is 27.0 Å². The van der Waals surface area contributed by atoms with Gasteiger partial charge in [0.25, 0.3) is 0 Å². The summed E-state index contributed by atoms with van der Waals surface area (Å²) >= 11 is 0. The standard InChI is InChI=1S/C29H40N4O9S2/c1-32-11-12-40-27-26(32)14-25(17-31-27)44(38,39)33-9-7-28(8-10-33)15-21(18-42-28)30-16-22(35)19-41-23-3-2-4-24(13-23)43(36,37)29(20-34)5-6-29/h2-4,13-14,17,21-22,30,34-35H,5-12,15-16,18-20H2,1H3/t21-,22+/m1/s1. The Morgan fingerprint density at radius 2 is 1.89 bits per heavy atom. The van der Waals surface area contributed by atoms with E-state index in [0.717, 1.165) is 0 Å². The van der Waals surface area contributed by atoms with Gasteiger partial charge in [0.05, 0.1) is 41.2 Å². The first kappa shape index (κ1) is 31.5. The molecular formula is C29H40N4O9S2. The molecule has 0 unspecified atom stereocenters. The molecule has 4 heterocycles. The quantitative estimate of drug-likeness (QED) is 0.309. The van der Waals surface area contributed by atoms with E-state index in [1.54, 1.807) is 18.2 Å². The molecule has 242 valence electrons. The summed E-state index contributed by atoms with van der Waals surface area (Å²) in [7, 11) is -5.51. The number of sulfonamides is 1. The van der Waals surface area contributed by atoms with E-state index < -0.39 is 42.9 Å². The van der Waals surface area contributed by atoms with Crippen LogP contribution in [0.3, 0.4) is 0 Å². The van der Waals surface area contributed by atoms with Crippen LogP contribution in [0.4, 0.5) is 5.69 Å². The highest BCUT2D eigenvalue weighted by Crippen LogP contribution is 2.46. The van der Waals surface area contributed by atoms with Gasteiger partial charge in [0.15, 0.2) is 9.84 Å². The van der Waals surface area contributed by atoms with Gasteiger partial charge in [-0.15, -0.1) is 0 Å².